The lowest BCUT2D eigenvalue weighted by Crippen LogP contribution is -2.31. The highest BCUT2D eigenvalue weighted by atomic mass is 19.1. The zero-order valence-corrected chi connectivity index (χ0v) is 16.1. The van der Waals surface area contributed by atoms with Crippen LogP contribution in [0.4, 0.5) is 10.1 Å². The van der Waals surface area contributed by atoms with E-state index in [4.69, 9.17) is 4.74 Å². The Morgan fingerprint density at radius 2 is 1.81 bits per heavy atom. The van der Waals surface area contributed by atoms with Gasteiger partial charge < -0.3 is 15.0 Å². The van der Waals surface area contributed by atoms with E-state index in [9.17, 15) is 14.0 Å². The Kier molecular flexibility index (Phi) is 6.55. The summed E-state index contributed by atoms with van der Waals surface area (Å²) < 4.78 is 18.9. The third-order valence-corrected chi connectivity index (χ3v) is 3.92. The van der Waals surface area contributed by atoms with Gasteiger partial charge in [0.1, 0.15) is 6.61 Å². The number of nitrogens with one attached hydrogen (secondary N) is 1. The Morgan fingerprint density at radius 3 is 2.48 bits per heavy atom. The molecule has 144 valence electrons. The molecule has 0 unspecified atom stereocenters. The van der Waals surface area contributed by atoms with Gasteiger partial charge in [-0.1, -0.05) is 39.0 Å². The van der Waals surface area contributed by atoms with E-state index < -0.39 is 11.2 Å². The quantitative estimate of drug-likeness (QED) is 0.835. The molecule has 0 radical (unpaired) electrons. The zero-order valence-electron chi connectivity index (χ0n) is 16.1. The van der Waals surface area contributed by atoms with Crippen LogP contribution in [0.3, 0.4) is 0 Å². The summed E-state index contributed by atoms with van der Waals surface area (Å²) in [5.74, 6) is -0.614. The standard InChI is InChI=1S/C21H25FN2O3/c1-21(2,3)20(26)23-16-9-7-8-15(14-16)19(25)24(4)12-13-27-18-11-6-5-10-17(18)22/h5-11,14H,12-13H2,1-4H3,(H,23,26). The van der Waals surface area contributed by atoms with Gasteiger partial charge in [-0.3, -0.25) is 9.59 Å². The Balaban J connectivity index is 1.95. The monoisotopic (exact) mass is 372 g/mol. The summed E-state index contributed by atoms with van der Waals surface area (Å²) in [6.07, 6.45) is 0. The van der Waals surface area contributed by atoms with E-state index in [0.29, 0.717) is 17.8 Å². The van der Waals surface area contributed by atoms with E-state index in [-0.39, 0.29) is 24.2 Å². The molecule has 0 bridgehead atoms. The number of rotatable bonds is 6. The van der Waals surface area contributed by atoms with Crippen molar-refractivity contribution in [2.45, 2.75) is 20.8 Å². The zero-order chi connectivity index (χ0) is 20.0. The largest absolute Gasteiger partial charge is 0.489 e. The molecule has 0 fully saturated rings. The van der Waals surface area contributed by atoms with Crippen LogP contribution in [0.25, 0.3) is 0 Å². The van der Waals surface area contributed by atoms with Gasteiger partial charge in [-0.05, 0) is 30.3 Å². The minimum Gasteiger partial charge on any atom is -0.489 e. The predicted octanol–water partition coefficient (Wildman–Crippen LogP) is 3.96. The summed E-state index contributed by atoms with van der Waals surface area (Å²) in [5, 5.41) is 2.81. The molecule has 2 rings (SSSR count). The highest BCUT2D eigenvalue weighted by Crippen LogP contribution is 2.19. The number of benzene rings is 2. The van der Waals surface area contributed by atoms with Crippen molar-refractivity contribution in [2.75, 3.05) is 25.5 Å². The Labute approximate surface area is 159 Å². The van der Waals surface area contributed by atoms with Gasteiger partial charge in [0.15, 0.2) is 11.6 Å². The van der Waals surface area contributed by atoms with Crippen molar-refractivity contribution in [2.24, 2.45) is 5.41 Å². The third kappa shape index (κ3) is 5.81. The van der Waals surface area contributed by atoms with Crippen molar-refractivity contribution in [3.63, 3.8) is 0 Å². The Morgan fingerprint density at radius 1 is 1.11 bits per heavy atom. The number of halogens is 1. The van der Waals surface area contributed by atoms with E-state index in [1.165, 1.54) is 11.0 Å². The van der Waals surface area contributed by atoms with Gasteiger partial charge in [0.05, 0.1) is 6.54 Å². The van der Waals surface area contributed by atoms with E-state index in [0.717, 1.165) is 0 Å². The molecule has 0 heterocycles. The van der Waals surface area contributed by atoms with Crippen LogP contribution in [0.5, 0.6) is 5.75 Å². The lowest BCUT2D eigenvalue weighted by Gasteiger charge is -2.20. The molecule has 27 heavy (non-hydrogen) atoms. The van der Waals surface area contributed by atoms with Crippen LogP contribution in [-0.4, -0.2) is 36.9 Å². The number of likely N-dealkylation sites (N-methyl/N-ethyl adjacent to an activating group) is 1. The second-order valence-electron chi connectivity index (χ2n) is 7.29. The third-order valence-electron chi connectivity index (χ3n) is 3.92. The van der Waals surface area contributed by atoms with Crippen LogP contribution >= 0.6 is 0 Å². The average molecular weight is 372 g/mol. The van der Waals surface area contributed by atoms with Crippen molar-refractivity contribution in [3.05, 3.63) is 59.9 Å². The van der Waals surface area contributed by atoms with Gasteiger partial charge in [-0.25, -0.2) is 4.39 Å². The molecule has 2 aromatic carbocycles. The number of hydrogen-bond donors (Lipinski definition) is 1. The van der Waals surface area contributed by atoms with Gasteiger partial charge >= 0.3 is 0 Å². The summed E-state index contributed by atoms with van der Waals surface area (Å²) in [7, 11) is 1.65. The lowest BCUT2D eigenvalue weighted by atomic mass is 9.95. The Bertz CT molecular complexity index is 815. The van der Waals surface area contributed by atoms with Crippen LogP contribution in [0.1, 0.15) is 31.1 Å². The summed E-state index contributed by atoms with van der Waals surface area (Å²) in [4.78, 5) is 26.2. The van der Waals surface area contributed by atoms with Crippen molar-refractivity contribution in [1.82, 2.24) is 4.90 Å². The number of nitrogens with zero attached hydrogens (tertiary/aromatic N) is 1. The molecule has 0 aliphatic heterocycles. The maximum absolute atomic E-state index is 13.5. The molecule has 0 atom stereocenters. The first kappa shape index (κ1) is 20.4. The van der Waals surface area contributed by atoms with Crippen LogP contribution in [-0.2, 0) is 4.79 Å². The molecule has 5 nitrogen and oxygen atoms in total. The molecule has 1 N–H and O–H groups in total. The van der Waals surface area contributed by atoms with E-state index in [2.05, 4.69) is 5.32 Å². The first-order valence-corrected chi connectivity index (χ1v) is 8.73. The maximum atomic E-state index is 13.5. The summed E-state index contributed by atoms with van der Waals surface area (Å²) in [5.41, 5.74) is 0.493. The van der Waals surface area contributed by atoms with Crippen molar-refractivity contribution >= 4 is 17.5 Å². The van der Waals surface area contributed by atoms with Crippen LogP contribution in [0.15, 0.2) is 48.5 Å². The van der Waals surface area contributed by atoms with Gasteiger partial charge in [0, 0.05) is 23.7 Å². The molecule has 0 saturated carbocycles. The van der Waals surface area contributed by atoms with Crippen molar-refractivity contribution in [3.8, 4) is 5.75 Å². The second kappa shape index (κ2) is 8.66. The van der Waals surface area contributed by atoms with Crippen LogP contribution in [0.2, 0.25) is 0 Å². The maximum Gasteiger partial charge on any atom is 0.253 e. The minimum atomic E-state index is -0.527. The van der Waals surface area contributed by atoms with Gasteiger partial charge in [-0.15, -0.1) is 0 Å². The van der Waals surface area contributed by atoms with E-state index >= 15 is 0 Å². The van der Waals surface area contributed by atoms with E-state index in [1.54, 1.807) is 49.5 Å². The second-order valence-corrected chi connectivity index (χ2v) is 7.29. The molecular weight excluding hydrogens is 347 g/mol. The molecule has 0 aliphatic rings. The predicted molar refractivity (Wildman–Crippen MR) is 103 cm³/mol. The highest BCUT2D eigenvalue weighted by Gasteiger charge is 2.21. The van der Waals surface area contributed by atoms with Crippen molar-refractivity contribution < 1.29 is 18.7 Å². The number of anilines is 1. The summed E-state index contributed by atoms with van der Waals surface area (Å²) in [6, 6.07) is 12.9. The first-order valence-electron chi connectivity index (χ1n) is 8.73. The highest BCUT2D eigenvalue weighted by molar-refractivity contribution is 5.98. The van der Waals surface area contributed by atoms with Crippen LogP contribution < -0.4 is 10.1 Å². The first-order chi connectivity index (χ1) is 12.7. The normalized spacial score (nSPS) is 11.0. The molecular formula is C21H25FN2O3. The van der Waals surface area contributed by atoms with Gasteiger partial charge in [0.2, 0.25) is 5.91 Å². The van der Waals surface area contributed by atoms with Gasteiger partial charge in [-0.2, -0.15) is 0 Å². The molecule has 0 aromatic heterocycles. The average Bonchev–Trinajstić information content (AvgIpc) is 2.62. The topological polar surface area (TPSA) is 58.6 Å². The lowest BCUT2D eigenvalue weighted by molar-refractivity contribution is -0.123. The fraction of sp³-hybridized carbons (Fsp3) is 0.333. The molecule has 6 heteroatoms. The van der Waals surface area contributed by atoms with Crippen LogP contribution in [0, 0.1) is 11.2 Å². The number of carbonyl (C=O) groups is 2. The molecule has 0 saturated heterocycles. The fourth-order valence-corrected chi connectivity index (χ4v) is 2.22. The Hall–Kier alpha value is -2.89. The summed E-state index contributed by atoms with van der Waals surface area (Å²) >= 11 is 0. The molecule has 2 aromatic rings. The summed E-state index contributed by atoms with van der Waals surface area (Å²) in [6.45, 7) is 5.93. The molecule has 2 amide bonds. The number of carbonyl (C=O) groups excluding carboxylic acids is 2. The number of amides is 2. The number of ether oxygens (including phenoxy) is 1. The van der Waals surface area contributed by atoms with Crippen molar-refractivity contribution in [1.29, 1.82) is 0 Å². The van der Waals surface area contributed by atoms with E-state index in [1.807, 2.05) is 20.8 Å². The SMILES string of the molecule is CN(CCOc1ccccc1F)C(=O)c1cccc(NC(=O)C(C)(C)C)c1. The van der Waals surface area contributed by atoms with Gasteiger partial charge in [0.25, 0.3) is 5.91 Å². The molecule has 0 spiro atoms. The molecule has 0 aliphatic carbocycles. The fourth-order valence-electron chi connectivity index (χ4n) is 2.22. The number of hydrogen-bond acceptors (Lipinski definition) is 3. The number of para-hydroxylation sites is 1. The minimum absolute atomic E-state index is 0.126. The smallest absolute Gasteiger partial charge is 0.253 e.